The average molecular weight is 406 g/mol. The van der Waals surface area contributed by atoms with Gasteiger partial charge in [0, 0.05) is 0 Å². The van der Waals surface area contributed by atoms with E-state index in [4.69, 9.17) is 6.33 Å². The Kier molecular flexibility index (Phi) is 7.64. The second kappa shape index (κ2) is 9.31. The molecule has 0 saturated heterocycles. The van der Waals surface area contributed by atoms with Gasteiger partial charge >= 0.3 is 160 Å². The van der Waals surface area contributed by atoms with Crippen LogP contribution in [0.1, 0.15) is 96.3 Å². The van der Waals surface area contributed by atoms with E-state index in [1.54, 1.807) is 0 Å². The Morgan fingerprint density at radius 2 is 0.960 bits per heavy atom. The molecule has 0 aromatic heterocycles. The van der Waals surface area contributed by atoms with Crippen molar-refractivity contribution in [3.8, 4) is 0 Å². The molecule has 0 heterocycles. The first kappa shape index (κ1) is 20.5. The van der Waals surface area contributed by atoms with Gasteiger partial charge in [0.15, 0.2) is 0 Å². The summed E-state index contributed by atoms with van der Waals surface area (Å²) in [5, 5.41) is 0. The summed E-state index contributed by atoms with van der Waals surface area (Å²) in [6, 6.07) is 0. The first-order chi connectivity index (χ1) is 12.1. The Labute approximate surface area is 160 Å². The van der Waals surface area contributed by atoms with Gasteiger partial charge in [-0.3, -0.25) is 0 Å². The average Bonchev–Trinajstić information content (AvgIpc) is 2.68. The topological polar surface area (TPSA) is 58.9 Å². The van der Waals surface area contributed by atoms with E-state index in [9.17, 15) is 7.38 Å². The van der Waals surface area contributed by atoms with Crippen molar-refractivity contribution >= 4 is 8.32 Å². The van der Waals surface area contributed by atoms with E-state index >= 15 is 0 Å². The number of rotatable bonds is 6. The van der Waals surface area contributed by atoms with E-state index in [2.05, 4.69) is 0 Å². The summed E-state index contributed by atoms with van der Waals surface area (Å²) in [6.45, 7) is 0. The van der Waals surface area contributed by atoms with Crippen LogP contribution in [0.5, 0.6) is 0 Å². The van der Waals surface area contributed by atoms with E-state index < -0.39 is 26.5 Å². The van der Waals surface area contributed by atoms with Crippen LogP contribution in [0.15, 0.2) is 0 Å². The molecular weight excluding hydrogens is 368 g/mol. The zero-order valence-electron chi connectivity index (χ0n) is 16.0. The van der Waals surface area contributed by atoms with Gasteiger partial charge in [0.1, 0.15) is 0 Å². The molecule has 0 aromatic rings. The maximum absolute atomic E-state index is 10.6. The van der Waals surface area contributed by atoms with Crippen molar-refractivity contribution in [2.45, 2.75) is 113 Å². The van der Waals surface area contributed by atoms with Crippen molar-refractivity contribution in [3.63, 3.8) is 0 Å². The Hall–Kier alpha value is 0.771. The molecule has 3 saturated carbocycles. The maximum atomic E-state index is 10.6. The van der Waals surface area contributed by atoms with Gasteiger partial charge in [0.2, 0.25) is 0 Å². The zero-order chi connectivity index (χ0) is 17.8. The summed E-state index contributed by atoms with van der Waals surface area (Å²) in [4.78, 5) is 0. The number of hydrogen-bond donors (Lipinski definition) is 2. The molecule has 0 radical (unpaired) electrons. The van der Waals surface area contributed by atoms with Crippen molar-refractivity contribution in [1.29, 1.82) is 0 Å². The molecule has 0 amide bonds. The summed E-state index contributed by atoms with van der Waals surface area (Å²) in [5.74, 6) is 0. The van der Waals surface area contributed by atoms with Crippen LogP contribution < -0.4 is 0 Å². The van der Waals surface area contributed by atoms with Crippen molar-refractivity contribution in [2.24, 2.45) is 0 Å². The third kappa shape index (κ3) is 4.79. The predicted octanol–water partition coefficient (Wildman–Crippen LogP) is 5.40. The predicted molar refractivity (Wildman–Crippen MR) is 98.8 cm³/mol. The van der Waals surface area contributed by atoms with Crippen molar-refractivity contribution < 1.29 is 31.8 Å². The SMILES string of the molecule is C[O][Ti]([OH])([OH])[O][Si](C1CCCCC1)(C1CCCCC1)C1CCCCC1. The fraction of sp³-hybridized carbons (Fsp3) is 1.00. The molecule has 0 unspecified atom stereocenters. The van der Waals surface area contributed by atoms with Crippen molar-refractivity contribution in [2.75, 3.05) is 7.11 Å². The molecule has 146 valence electrons. The van der Waals surface area contributed by atoms with Gasteiger partial charge in [-0.2, -0.15) is 0 Å². The van der Waals surface area contributed by atoms with E-state index in [1.165, 1.54) is 103 Å². The Balaban J connectivity index is 1.96. The van der Waals surface area contributed by atoms with E-state index in [-0.39, 0.29) is 0 Å². The summed E-state index contributed by atoms with van der Waals surface area (Å²) in [5.41, 5.74) is 1.85. The molecule has 3 aliphatic carbocycles. The monoisotopic (exact) mass is 406 g/mol. The van der Waals surface area contributed by atoms with Crippen LogP contribution in [0.25, 0.3) is 0 Å². The Morgan fingerprint density at radius 3 is 1.24 bits per heavy atom. The molecule has 2 N–H and O–H groups in total. The molecule has 0 atom stereocenters. The third-order valence-corrected chi connectivity index (χ3v) is 17.2. The van der Waals surface area contributed by atoms with Gasteiger partial charge in [0.25, 0.3) is 0 Å². The third-order valence-electron chi connectivity index (χ3n) is 7.31. The van der Waals surface area contributed by atoms with Gasteiger partial charge in [0.05, 0.1) is 0 Å². The molecule has 0 spiro atoms. The molecule has 0 aromatic carbocycles. The molecule has 3 fully saturated rings. The summed E-state index contributed by atoms with van der Waals surface area (Å²) < 4.78 is 33.0. The van der Waals surface area contributed by atoms with Crippen molar-refractivity contribution in [3.05, 3.63) is 0 Å². The van der Waals surface area contributed by atoms with Gasteiger partial charge in [-0.1, -0.05) is 0 Å². The van der Waals surface area contributed by atoms with Crippen LogP contribution in [-0.2, 0) is 24.5 Å². The van der Waals surface area contributed by atoms with Crippen molar-refractivity contribution in [1.82, 2.24) is 0 Å². The fourth-order valence-electron chi connectivity index (χ4n) is 6.18. The Bertz CT molecular complexity index is 357. The molecule has 4 nitrogen and oxygen atoms in total. The second-order valence-electron chi connectivity index (χ2n) is 8.71. The van der Waals surface area contributed by atoms with Gasteiger partial charge in [-0.15, -0.1) is 0 Å². The van der Waals surface area contributed by atoms with Crippen LogP contribution in [0, 0.1) is 0 Å². The van der Waals surface area contributed by atoms with Crippen LogP contribution in [0.3, 0.4) is 0 Å². The number of hydrogen-bond acceptors (Lipinski definition) is 4. The molecule has 0 aliphatic heterocycles. The standard InChI is InChI=1S/C18H33OSi.CH3O.2H2O.Ti/c19-20(16-10-4-1-5-11-16,17-12-6-2-7-13-17)18-14-8-3-9-15-18;1-2;;;/h16-18H,1-15H2;1H3;2*1H2;/q2*-1;;;+4/p-2. The molecule has 25 heavy (non-hydrogen) atoms. The zero-order valence-corrected chi connectivity index (χ0v) is 18.6. The van der Waals surface area contributed by atoms with E-state index in [0.29, 0.717) is 16.6 Å². The van der Waals surface area contributed by atoms with Gasteiger partial charge < -0.3 is 0 Å². The summed E-state index contributed by atoms with van der Waals surface area (Å²) in [7, 11) is -0.859. The van der Waals surface area contributed by atoms with E-state index in [1.807, 2.05) is 0 Å². The second-order valence-corrected chi connectivity index (χ2v) is 16.4. The van der Waals surface area contributed by atoms with Crippen LogP contribution in [0.2, 0.25) is 16.6 Å². The molecule has 3 aliphatic rings. The fourth-order valence-corrected chi connectivity index (χ4v) is 18.0. The van der Waals surface area contributed by atoms with Crippen LogP contribution >= 0.6 is 0 Å². The quantitative estimate of drug-likeness (QED) is 0.580. The minimum absolute atomic E-state index is 0.617. The first-order valence-corrected chi connectivity index (χ1v) is 15.6. The molecule has 3 rings (SSSR count). The molecule has 0 bridgehead atoms. The molecular formula is C19H38O4SiTi. The van der Waals surface area contributed by atoms with Crippen LogP contribution in [-0.4, -0.2) is 22.8 Å². The van der Waals surface area contributed by atoms with Crippen LogP contribution in [0.4, 0.5) is 0 Å². The van der Waals surface area contributed by atoms with Gasteiger partial charge in [-0.25, -0.2) is 0 Å². The van der Waals surface area contributed by atoms with E-state index in [0.717, 1.165) is 0 Å². The normalized spacial score (nSPS) is 26.0. The molecule has 6 heteroatoms. The summed E-state index contributed by atoms with van der Waals surface area (Å²) in [6.07, 6.45) is 19.3. The Morgan fingerprint density at radius 1 is 0.640 bits per heavy atom. The summed E-state index contributed by atoms with van der Waals surface area (Å²) >= 11 is -4.56. The first-order valence-electron chi connectivity index (χ1n) is 10.8. The minimum atomic E-state index is -4.56. The van der Waals surface area contributed by atoms with Gasteiger partial charge in [-0.05, 0) is 0 Å².